The van der Waals surface area contributed by atoms with Gasteiger partial charge < -0.3 is 10.6 Å². The molecule has 3 atom stereocenters. The fraction of sp³-hybridized carbons (Fsp3) is 0.429. The first kappa shape index (κ1) is 16.6. The molecule has 2 fully saturated rings. The molecule has 0 saturated carbocycles. The second-order valence-electron chi connectivity index (χ2n) is 7.20. The van der Waals surface area contributed by atoms with Crippen LogP contribution in [0.2, 0.25) is 0 Å². The lowest BCUT2D eigenvalue weighted by Gasteiger charge is -2.50. The van der Waals surface area contributed by atoms with Crippen LogP contribution in [0.3, 0.4) is 0 Å². The number of hydrogen-bond acceptors (Lipinski definition) is 2. The highest BCUT2D eigenvalue weighted by molar-refractivity contribution is 14.1. The monoisotopic (exact) mass is 432 g/mol. The van der Waals surface area contributed by atoms with Crippen LogP contribution in [-0.4, -0.2) is 18.6 Å². The summed E-state index contributed by atoms with van der Waals surface area (Å²) in [6, 6.07) is 20.3. The number of halogens is 1. The largest absolute Gasteiger partial charge is 0.309 e. The zero-order valence-corrected chi connectivity index (χ0v) is 16.1. The molecule has 2 nitrogen and oxygen atoms in total. The van der Waals surface area contributed by atoms with E-state index in [1.807, 2.05) is 0 Å². The van der Waals surface area contributed by atoms with Gasteiger partial charge in [-0.05, 0) is 77.9 Å². The van der Waals surface area contributed by atoms with Gasteiger partial charge >= 0.3 is 0 Å². The molecule has 2 heterocycles. The summed E-state index contributed by atoms with van der Waals surface area (Å²) in [7, 11) is 0. The molecule has 2 aromatic rings. The molecule has 2 aromatic carbocycles. The summed E-state index contributed by atoms with van der Waals surface area (Å²) in [6.45, 7) is 2.22. The molecule has 3 heteroatoms. The van der Waals surface area contributed by atoms with Crippen LogP contribution in [0, 0.1) is 3.57 Å². The second kappa shape index (κ2) is 7.14. The molecule has 1 spiro atoms. The first-order valence-corrected chi connectivity index (χ1v) is 10.1. The van der Waals surface area contributed by atoms with Crippen molar-refractivity contribution in [2.24, 2.45) is 0 Å². The van der Waals surface area contributed by atoms with Gasteiger partial charge in [-0.15, -0.1) is 0 Å². The standard InChI is InChI=1S/C21H25IN2/c22-19-10-5-4-9-18(19)17-11-13-21(24-15-17)12-6-14-23-20(21)16-7-2-1-3-8-16/h1-5,7-10,17,20,23-24H,6,11-15H2/t17-,20?,21+/m1/s1. The van der Waals surface area contributed by atoms with Crippen molar-refractivity contribution in [3.05, 3.63) is 69.3 Å². The SMILES string of the molecule is Ic1ccccc1[C@@H]1CC[C@]2(CCCNC2c2ccccc2)NC1. The Labute approximate surface area is 158 Å². The van der Waals surface area contributed by atoms with E-state index in [1.54, 1.807) is 0 Å². The third-order valence-corrected chi connectivity index (χ3v) is 6.80. The molecule has 0 amide bonds. The molecule has 2 N–H and O–H groups in total. The molecule has 24 heavy (non-hydrogen) atoms. The molecule has 0 bridgehead atoms. The van der Waals surface area contributed by atoms with Gasteiger partial charge in [-0.2, -0.15) is 0 Å². The minimum absolute atomic E-state index is 0.219. The highest BCUT2D eigenvalue weighted by atomic mass is 127. The third kappa shape index (κ3) is 3.14. The van der Waals surface area contributed by atoms with Crippen molar-refractivity contribution >= 4 is 22.6 Å². The molecule has 1 unspecified atom stereocenters. The second-order valence-corrected chi connectivity index (χ2v) is 8.36. The van der Waals surface area contributed by atoms with E-state index in [0.29, 0.717) is 12.0 Å². The van der Waals surface area contributed by atoms with Gasteiger partial charge in [0.1, 0.15) is 0 Å². The Bertz CT molecular complexity index is 677. The molecule has 0 aromatic heterocycles. The normalized spacial score (nSPS) is 30.4. The average Bonchev–Trinajstić information content (AvgIpc) is 2.64. The zero-order valence-electron chi connectivity index (χ0n) is 14.0. The van der Waals surface area contributed by atoms with E-state index >= 15 is 0 Å². The van der Waals surface area contributed by atoms with Crippen molar-refractivity contribution in [3.8, 4) is 0 Å². The van der Waals surface area contributed by atoms with Gasteiger partial charge in [0.05, 0.1) is 6.04 Å². The summed E-state index contributed by atoms with van der Waals surface area (Å²) in [5, 5.41) is 7.79. The first-order chi connectivity index (χ1) is 11.8. The number of hydrogen-bond donors (Lipinski definition) is 2. The highest BCUT2D eigenvalue weighted by Crippen LogP contribution is 2.42. The maximum atomic E-state index is 3.99. The Kier molecular flexibility index (Phi) is 4.93. The van der Waals surface area contributed by atoms with Crippen LogP contribution in [0.1, 0.15) is 48.8 Å². The summed E-state index contributed by atoms with van der Waals surface area (Å²) >= 11 is 2.48. The van der Waals surface area contributed by atoms with Gasteiger partial charge in [0.2, 0.25) is 0 Å². The van der Waals surface area contributed by atoms with Crippen molar-refractivity contribution in [2.45, 2.75) is 43.2 Å². The van der Waals surface area contributed by atoms with Crippen LogP contribution in [0.4, 0.5) is 0 Å². The van der Waals surface area contributed by atoms with E-state index in [9.17, 15) is 0 Å². The minimum Gasteiger partial charge on any atom is -0.309 e. The molecular weight excluding hydrogens is 407 g/mol. The van der Waals surface area contributed by atoms with Crippen LogP contribution in [0.15, 0.2) is 54.6 Å². The summed E-state index contributed by atoms with van der Waals surface area (Å²) in [4.78, 5) is 0. The van der Waals surface area contributed by atoms with Crippen molar-refractivity contribution in [1.82, 2.24) is 10.6 Å². The van der Waals surface area contributed by atoms with E-state index in [1.165, 1.54) is 40.4 Å². The number of rotatable bonds is 2. The molecule has 4 rings (SSSR count). The quantitative estimate of drug-likeness (QED) is 0.677. The Morgan fingerprint density at radius 1 is 0.958 bits per heavy atom. The van der Waals surface area contributed by atoms with E-state index in [-0.39, 0.29) is 5.54 Å². The molecular formula is C21H25IN2. The Morgan fingerprint density at radius 3 is 2.50 bits per heavy atom. The summed E-state index contributed by atoms with van der Waals surface area (Å²) < 4.78 is 1.40. The molecule has 0 aliphatic carbocycles. The maximum Gasteiger partial charge on any atom is 0.0505 e. The lowest BCUT2D eigenvalue weighted by atomic mass is 9.71. The first-order valence-electron chi connectivity index (χ1n) is 9.06. The number of piperidine rings is 2. The summed E-state index contributed by atoms with van der Waals surface area (Å²) in [5.41, 5.74) is 3.16. The van der Waals surface area contributed by atoms with Gasteiger partial charge in [0.25, 0.3) is 0 Å². The van der Waals surface area contributed by atoms with E-state index in [0.717, 1.165) is 13.1 Å². The molecule has 0 radical (unpaired) electrons. The van der Waals surface area contributed by atoms with Gasteiger partial charge in [-0.3, -0.25) is 0 Å². The van der Waals surface area contributed by atoms with Crippen LogP contribution >= 0.6 is 22.6 Å². The van der Waals surface area contributed by atoms with Crippen molar-refractivity contribution in [3.63, 3.8) is 0 Å². The summed E-state index contributed by atoms with van der Waals surface area (Å²) in [5.74, 6) is 0.641. The number of nitrogens with one attached hydrogen (secondary N) is 2. The number of benzene rings is 2. The zero-order chi connectivity index (χ0) is 16.4. The lowest BCUT2D eigenvalue weighted by molar-refractivity contribution is 0.131. The Morgan fingerprint density at radius 2 is 1.75 bits per heavy atom. The Balaban J connectivity index is 1.55. The topological polar surface area (TPSA) is 24.1 Å². The Hall–Kier alpha value is -0.910. The van der Waals surface area contributed by atoms with Gasteiger partial charge in [-0.1, -0.05) is 48.5 Å². The smallest absolute Gasteiger partial charge is 0.0505 e. The van der Waals surface area contributed by atoms with Crippen molar-refractivity contribution in [2.75, 3.05) is 13.1 Å². The molecule has 2 aliphatic rings. The molecule has 2 saturated heterocycles. The highest BCUT2D eigenvalue weighted by Gasteiger charge is 2.43. The van der Waals surface area contributed by atoms with Gasteiger partial charge in [0, 0.05) is 15.7 Å². The van der Waals surface area contributed by atoms with E-state index < -0.39 is 0 Å². The molecule has 2 aliphatic heterocycles. The fourth-order valence-electron chi connectivity index (χ4n) is 4.55. The van der Waals surface area contributed by atoms with Gasteiger partial charge in [0.15, 0.2) is 0 Å². The molecule has 126 valence electrons. The summed E-state index contributed by atoms with van der Waals surface area (Å²) in [6.07, 6.45) is 5.06. The van der Waals surface area contributed by atoms with Gasteiger partial charge in [-0.25, -0.2) is 0 Å². The average molecular weight is 432 g/mol. The van der Waals surface area contributed by atoms with Crippen LogP contribution in [0.25, 0.3) is 0 Å². The van der Waals surface area contributed by atoms with Crippen LogP contribution in [0.5, 0.6) is 0 Å². The van der Waals surface area contributed by atoms with Crippen molar-refractivity contribution in [1.29, 1.82) is 0 Å². The van der Waals surface area contributed by atoms with E-state index in [2.05, 4.69) is 87.8 Å². The van der Waals surface area contributed by atoms with Crippen LogP contribution in [-0.2, 0) is 0 Å². The predicted octanol–water partition coefficient (Wildman–Crippen LogP) is 4.62. The predicted molar refractivity (Wildman–Crippen MR) is 108 cm³/mol. The fourth-order valence-corrected chi connectivity index (χ4v) is 5.38. The van der Waals surface area contributed by atoms with E-state index in [4.69, 9.17) is 0 Å². The van der Waals surface area contributed by atoms with Crippen molar-refractivity contribution < 1.29 is 0 Å². The lowest BCUT2D eigenvalue weighted by Crippen LogP contribution is -2.60. The maximum absolute atomic E-state index is 3.99. The minimum atomic E-state index is 0.219. The third-order valence-electron chi connectivity index (χ3n) is 5.82. The van der Waals surface area contributed by atoms with Crippen LogP contribution < -0.4 is 10.6 Å².